The van der Waals surface area contributed by atoms with Crippen molar-refractivity contribution in [3.05, 3.63) is 27.7 Å². The van der Waals surface area contributed by atoms with E-state index in [9.17, 15) is 4.79 Å². The molecule has 0 aromatic heterocycles. The molecule has 0 bridgehead atoms. The Morgan fingerprint density at radius 2 is 1.94 bits per heavy atom. The molecule has 4 heteroatoms. The summed E-state index contributed by atoms with van der Waals surface area (Å²) in [6, 6.07) is 3.46. The minimum absolute atomic E-state index is 0.515. The number of benzene rings is 1. The average Bonchev–Trinajstić information content (AvgIpc) is 2.21. The number of hydrogen-bond acceptors (Lipinski definition) is 2. The summed E-state index contributed by atoms with van der Waals surface area (Å²) in [4.78, 5) is 11.1. The molecule has 1 aromatic carbocycles. The van der Waals surface area contributed by atoms with Gasteiger partial charge in [-0.15, -0.1) is 0 Å². The number of anilines is 1. The second-order valence-corrected chi connectivity index (χ2v) is 5.15. The van der Waals surface area contributed by atoms with Crippen LogP contribution < -0.4 is 5.32 Å². The zero-order chi connectivity index (χ0) is 13.0. The van der Waals surface area contributed by atoms with Crippen molar-refractivity contribution in [3.8, 4) is 0 Å². The van der Waals surface area contributed by atoms with Gasteiger partial charge in [-0.25, -0.2) is 4.79 Å². The summed E-state index contributed by atoms with van der Waals surface area (Å²) < 4.78 is 1.01. The number of nitrogens with one attached hydrogen (secondary N) is 1. The van der Waals surface area contributed by atoms with E-state index in [1.54, 1.807) is 0 Å². The van der Waals surface area contributed by atoms with Crippen LogP contribution in [0, 0.1) is 13.8 Å². The molecule has 0 saturated carbocycles. The van der Waals surface area contributed by atoms with Crippen LogP contribution in [0.3, 0.4) is 0 Å². The first-order chi connectivity index (χ1) is 7.95. The minimum Gasteiger partial charge on any atom is -0.480 e. The molecule has 1 aromatic rings. The second kappa shape index (κ2) is 6.05. The molecule has 1 rings (SSSR count). The molecule has 0 aliphatic heterocycles. The standard InChI is InChI=1S/C13H18BrNO2/c1-4-5-11(13(16)17)15-12-8(2)6-10(14)7-9(12)3/h6-7,11,15H,4-5H2,1-3H3,(H,16,17). The molecule has 3 nitrogen and oxygen atoms in total. The van der Waals surface area contributed by atoms with E-state index in [0.717, 1.165) is 27.7 Å². The van der Waals surface area contributed by atoms with Crippen LogP contribution in [0.2, 0.25) is 0 Å². The van der Waals surface area contributed by atoms with E-state index in [1.807, 2.05) is 32.9 Å². The Kier molecular flexibility index (Phi) is 5.00. The van der Waals surface area contributed by atoms with Gasteiger partial charge in [0.05, 0.1) is 0 Å². The van der Waals surface area contributed by atoms with E-state index < -0.39 is 12.0 Å². The highest BCUT2D eigenvalue weighted by molar-refractivity contribution is 9.10. The highest BCUT2D eigenvalue weighted by atomic mass is 79.9. The van der Waals surface area contributed by atoms with E-state index in [1.165, 1.54) is 0 Å². The maximum atomic E-state index is 11.1. The molecule has 0 saturated heterocycles. The normalized spacial score (nSPS) is 12.2. The third-order valence-electron chi connectivity index (χ3n) is 2.69. The predicted octanol–water partition coefficient (Wildman–Crippen LogP) is 3.73. The number of carboxylic acids is 1. The molecule has 0 fully saturated rings. The van der Waals surface area contributed by atoms with Gasteiger partial charge in [-0.05, 0) is 43.5 Å². The zero-order valence-corrected chi connectivity index (χ0v) is 12.0. The molecule has 0 amide bonds. The van der Waals surface area contributed by atoms with Gasteiger partial charge in [0, 0.05) is 10.2 Å². The van der Waals surface area contributed by atoms with Crippen molar-refractivity contribution in [3.63, 3.8) is 0 Å². The summed E-state index contributed by atoms with van der Waals surface area (Å²) >= 11 is 3.43. The van der Waals surface area contributed by atoms with Crippen molar-refractivity contribution < 1.29 is 9.90 Å². The van der Waals surface area contributed by atoms with Crippen LogP contribution in [0.1, 0.15) is 30.9 Å². The summed E-state index contributed by atoms with van der Waals surface area (Å²) in [6.45, 7) is 5.94. The summed E-state index contributed by atoms with van der Waals surface area (Å²) in [5.74, 6) is -0.798. The second-order valence-electron chi connectivity index (χ2n) is 4.24. The summed E-state index contributed by atoms with van der Waals surface area (Å²) in [5, 5.41) is 12.3. The first-order valence-electron chi connectivity index (χ1n) is 5.71. The van der Waals surface area contributed by atoms with Crippen LogP contribution in [0.25, 0.3) is 0 Å². The highest BCUT2D eigenvalue weighted by Crippen LogP contribution is 2.26. The topological polar surface area (TPSA) is 49.3 Å². The quantitative estimate of drug-likeness (QED) is 0.871. The zero-order valence-electron chi connectivity index (χ0n) is 10.4. The molecular formula is C13H18BrNO2. The van der Waals surface area contributed by atoms with Gasteiger partial charge in [-0.2, -0.15) is 0 Å². The lowest BCUT2D eigenvalue weighted by Crippen LogP contribution is -2.29. The first-order valence-corrected chi connectivity index (χ1v) is 6.51. The Labute approximate surface area is 110 Å². The smallest absolute Gasteiger partial charge is 0.326 e. The monoisotopic (exact) mass is 299 g/mol. The van der Waals surface area contributed by atoms with E-state index >= 15 is 0 Å². The third kappa shape index (κ3) is 3.73. The Morgan fingerprint density at radius 1 is 1.41 bits per heavy atom. The van der Waals surface area contributed by atoms with Crippen LogP contribution in [-0.4, -0.2) is 17.1 Å². The van der Waals surface area contributed by atoms with Gasteiger partial charge in [0.15, 0.2) is 0 Å². The fourth-order valence-corrected chi connectivity index (χ4v) is 2.55. The lowest BCUT2D eigenvalue weighted by atomic mass is 10.1. The Balaban J connectivity index is 2.97. The first kappa shape index (κ1) is 14.0. The fraction of sp³-hybridized carbons (Fsp3) is 0.462. The van der Waals surface area contributed by atoms with Gasteiger partial charge in [0.2, 0.25) is 0 Å². The van der Waals surface area contributed by atoms with Gasteiger partial charge >= 0.3 is 5.97 Å². The van der Waals surface area contributed by atoms with Crippen LogP contribution >= 0.6 is 15.9 Å². The number of carbonyl (C=O) groups is 1. The van der Waals surface area contributed by atoms with E-state index in [4.69, 9.17) is 5.11 Å². The molecule has 94 valence electrons. The summed E-state index contributed by atoms with van der Waals surface area (Å²) in [5.41, 5.74) is 3.03. The SMILES string of the molecule is CCCC(Nc1c(C)cc(Br)cc1C)C(=O)O. The van der Waals surface area contributed by atoms with E-state index in [0.29, 0.717) is 6.42 Å². The van der Waals surface area contributed by atoms with Crippen molar-refractivity contribution in [1.29, 1.82) is 0 Å². The van der Waals surface area contributed by atoms with Gasteiger partial charge in [0.25, 0.3) is 0 Å². The van der Waals surface area contributed by atoms with Crippen LogP contribution in [0.15, 0.2) is 16.6 Å². The van der Waals surface area contributed by atoms with Gasteiger partial charge < -0.3 is 10.4 Å². The molecule has 1 unspecified atom stereocenters. The Hall–Kier alpha value is -1.03. The number of aliphatic carboxylic acids is 1. The molecule has 1 atom stereocenters. The van der Waals surface area contributed by atoms with E-state index in [-0.39, 0.29) is 0 Å². The van der Waals surface area contributed by atoms with Crippen LogP contribution in [-0.2, 0) is 4.79 Å². The Bertz CT molecular complexity index is 395. The van der Waals surface area contributed by atoms with Gasteiger partial charge in [-0.3, -0.25) is 0 Å². The molecule has 2 N–H and O–H groups in total. The Morgan fingerprint density at radius 3 is 2.35 bits per heavy atom. The number of hydrogen-bond donors (Lipinski definition) is 2. The minimum atomic E-state index is -0.798. The lowest BCUT2D eigenvalue weighted by molar-refractivity contribution is -0.138. The molecular weight excluding hydrogens is 282 g/mol. The fourth-order valence-electron chi connectivity index (χ4n) is 1.86. The average molecular weight is 300 g/mol. The molecule has 0 aliphatic rings. The van der Waals surface area contributed by atoms with Crippen molar-refractivity contribution in [2.24, 2.45) is 0 Å². The van der Waals surface area contributed by atoms with Crippen molar-refractivity contribution >= 4 is 27.6 Å². The molecule has 0 aliphatic carbocycles. The number of aryl methyl sites for hydroxylation is 2. The van der Waals surface area contributed by atoms with Crippen LogP contribution in [0.4, 0.5) is 5.69 Å². The van der Waals surface area contributed by atoms with Gasteiger partial charge in [0.1, 0.15) is 6.04 Å². The van der Waals surface area contributed by atoms with Crippen LogP contribution in [0.5, 0.6) is 0 Å². The van der Waals surface area contributed by atoms with Gasteiger partial charge in [-0.1, -0.05) is 29.3 Å². The number of halogens is 1. The maximum absolute atomic E-state index is 11.1. The van der Waals surface area contributed by atoms with E-state index in [2.05, 4.69) is 21.2 Å². The molecule has 0 spiro atoms. The van der Waals surface area contributed by atoms with Crippen molar-refractivity contribution in [2.75, 3.05) is 5.32 Å². The van der Waals surface area contributed by atoms with Crippen molar-refractivity contribution in [2.45, 2.75) is 39.7 Å². The molecule has 0 heterocycles. The maximum Gasteiger partial charge on any atom is 0.326 e. The lowest BCUT2D eigenvalue weighted by Gasteiger charge is -2.19. The van der Waals surface area contributed by atoms with Crippen molar-refractivity contribution in [1.82, 2.24) is 0 Å². The largest absolute Gasteiger partial charge is 0.480 e. The summed E-state index contributed by atoms with van der Waals surface area (Å²) in [7, 11) is 0. The molecule has 0 radical (unpaired) electrons. The highest BCUT2D eigenvalue weighted by Gasteiger charge is 2.17. The number of rotatable bonds is 5. The molecule has 17 heavy (non-hydrogen) atoms. The third-order valence-corrected chi connectivity index (χ3v) is 3.15. The summed E-state index contributed by atoms with van der Waals surface area (Å²) in [6.07, 6.45) is 1.48. The number of carboxylic acid groups (broad SMARTS) is 1. The predicted molar refractivity (Wildman–Crippen MR) is 73.6 cm³/mol.